The minimum Gasteiger partial charge on any atom is -0.381 e. The van der Waals surface area contributed by atoms with Crippen molar-refractivity contribution in [1.82, 2.24) is 19.7 Å². The third-order valence-corrected chi connectivity index (χ3v) is 6.91. The van der Waals surface area contributed by atoms with Crippen molar-refractivity contribution in [2.45, 2.75) is 45.6 Å². The molecule has 0 aliphatic carbocycles. The van der Waals surface area contributed by atoms with Gasteiger partial charge in [-0.2, -0.15) is 0 Å². The van der Waals surface area contributed by atoms with Gasteiger partial charge in [-0.25, -0.2) is 4.39 Å². The molecule has 2 fully saturated rings. The molecule has 0 radical (unpaired) electrons. The summed E-state index contributed by atoms with van der Waals surface area (Å²) in [6.07, 6.45) is 3.41. The molecule has 1 N–H and O–H groups in total. The van der Waals surface area contributed by atoms with Gasteiger partial charge in [-0.3, -0.25) is 9.69 Å². The van der Waals surface area contributed by atoms with E-state index in [-0.39, 0.29) is 11.2 Å². The molecule has 5 nitrogen and oxygen atoms in total. The number of nitrogens with one attached hydrogen (secondary N) is 1. The summed E-state index contributed by atoms with van der Waals surface area (Å²) in [5, 5.41) is 3.26. The molecular formula is C24H27FN4O. The van der Waals surface area contributed by atoms with Gasteiger partial charge in [-0.1, -0.05) is 19.2 Å². The maximum atomic E-state index is 13.4. The number of benzene rings is 1. The van der Waals surface area contributed by atoms with Crippen LogP contribution in [0.5, 0.6) is 0 Å². The number of hydrogen-bond donors (Lipinski definition) is 1. The topological polar surface area (TPSA) is 40.5 Å². The molecule has 2 unspecified atom stereocenters. The van der Waals surface area contributed by atoms with Crippen molar-refractivity contribution in [2.75, 3.05) is 13.1 Å². The van der Waals surface area contributed by atoms with Gasteiger partial charge < -0.3 is 14.8 Å². The third kappa shape index (κ3) is 2.82. The van der Waals surface area contributed by atoms with Crippen LogP contribution >= 0.6 is 0 Å². The van der Waals surface area contributed by atoms with Crippen LogP contribution in [0.25, 0.3) is 11.4 Å². The van der Waals surface area contributed by atoms with E-state index in [1.165, 1.54) is 18.6 Å². The molecule has 156 valence electrons. The van der Waals surface area contributed by atoms with Crippen LogP contribution < -0.4 is 10.7 Å². The Hall–Kier alpha value is -2.86. The van der Waals surface area contributed by atoms with Crippen LogP contribution in [0, 0.1) is 19.7 Å². The summed E-state index contributed by atoms with van der Waals surface area (Å²) in [7, 11) is 0. The fourth-order valence-corrected chi connectivity index (χ4v) is 5.29. The Morgan fingerprint density at radius 1 is 1.30 bits per heavy atom. The van der Waals surface area contributed by atoms with Crippen molar-refractivity contribution >= 4 is 11.4 Å². The lowest BCUT2D eigenvalue weighted by Crippen LogP contribution is -2.50. The molecule has 1 aromatic heterocycles. The van der Waals surface area contributed by atoms with Gasteiger partial charge in [-0.15, -0.1) is 0 Å². The molecule has 3 aliphatic heterocycles. The average molecular weight is 407 g/mol. The first-order valence-corrected chi connectivity index (χ1v) is 10.5. The van der Waals surface area contributed by atoms with E-state index in [0.717, 1.165) is 47.7 Å². The molecule has 3 atom stereocenters. The van der Waals surface area contributed by atoms with Crippen LogP contribution in [-0.2, 0) is 13.1 Å². The molecule has 30 heavy (non-hydrogen) atoms. The zero-order valence-corrected chi connectivity index (χ0v) is 17.5. The van der Waals surface area contributed by atoms with Gasteiger partial charge in [-0.05, 0) is 43.5 Å². The highest BCUT2D eigenvalue weighted by atomic mass is 19.1. The van der Waals surface area contributed by atoms with Gasteiger partial charge in [0.1, 0.15) is 12.0 Å². The second-order valence-corrected chi connectivity index (χ2v) is 8.67. The molecule has 5 rings (SSSR count). The molecular weight excluding hydrogens is 379 g/mol. The second-order valence-electron chi connectivity index (χ2n) is 8.67. The molecule has 0 saturated carbocycles. The van der Waals surface area contributed by atoms with Crippen molar-refractivity contribution in [3.63, 3.8) is 0 Å². The first kappa shape index (κ1) is 19.1. The van der Waals surface area contributed by atoms with E-state index in [1.54, 1.807) is 6.07 Å². The van der Waals surface area contributed by atoms with E-state index in [1.807, 2.05) is 20.0 Å². The summed E-state index contributed by atoms with van der Waals surface area (Å²) in [4.78, 5) is 18.1. The third-order valence-electron chi connectivity index (χ3n) is 6.91. The van der Waals surface area contributed by atoms with Crippen LogP contribution in [0.1, 0.15) is 34.4 Å². The number of halogens is 1. The molecule has 2 bridgehead atoms. The number of aryl methyl sites for hydroxylation is 1. The Morgan fingerprint density at radius 3 is 2.87 bits per heavy atom. The SMILES string of the molecule is C=C(NCc1ccc(F)cc1C)c1cn2c(c(C)c1=O)C(=C)N1C(C2)N2CC[C@H]1C2. The first-order chi connectivity index (χ1) is 14.3. The molecule has 2 aromatic rings. The number of hydrogen-bond acceptors (Lipinski definition) is 4. The lowest BCUT2D eigenvalue weighted by molar-refractivity contribution is 0.109. The van der Waals surface area contributed by atoms with Gasteiger partial charge in [0.05, 0.1) is 23.5 Å². The van der Waals surface area contributed by atoms with Gasteiger partial charge in [0, 0.05) is 43.1 Å². The van der Waals surface area contributed by atoms with E-state index in [9.17, 15) is 9.18 Å². The van der Waals surface area contributed by atoms with Crippen LogP contribution in [0.3, 0.4) is 0 Å². The van der Waals surface area contributed by atoms with Gasteiger partial charge >= 0.3 is 0 Å². The normalized spacial score (nSPS) is 24.0. The number of aromatic nitrogens is 1. The van der Waals surface area contributed by atoms with Crippen molar-refractivity contribution in [3.05, 3.63) is 81.5 Å². The van der Waals surface area contributed by atoms with Crippen LogP contribution in [-0.4, -0.2) is 39.7 Å². The van der Waals surface area contributed by atoms with E-state index in [4.69, 9.17) is 0 Å². The number of rotatable bonds is 4. The number of fused-ring (bicyclic) bond motifs is 6. The standard InChI is InChI=1S/C24H27FN4O/c1-14-9-19(25)6-5-18(14)10-26-16(3)21-12-28-13-22-27-8-7-20(11-27)29(22)17(4)23(28)15(2)24(21)30/h5-6,9,12,20,22,26H,3-4,7-8,10-11,13H2,1-2H3/t20-,22?/m0/s1. The largest absolute Gasteiger partial charge is 0.381 e. The maximum Gasteiger partial charge on any atom is 0.194 e. The quantitative estimate of drug-likeness (QED) is 0.847. The van der Waals surface area contributed by atoms with Crippen molar-refractivity contribution in [3.8, 4) is 0 Å². The minimum atomic E-state index is -0.246. The Kier molecular flexibility index (Phi) is 4.36. The molecule has 1 aromatic carbocycles. The maximum absolute atomic E-state index is 13.4. The monoisotopic (exact) mass is 406 g/mol. The fraction of sp³-hybridized carbons (Fsp3) is 0.375. The molecule has 4 heterocycles. The highest BCUT2D eigenvalue weighted by Gasteiger charge is 2.47. The first-order valence-electron chi connectivity index (χ1n) is 10.5. The highest BCUT2D eigenvalue weighted by molar-refractivity contribution is 5.69. The molecule has 0 spiro atoms. The van der Waals surface area contributed by atoms with E-state index >= 15 is 0 Å². The van der Waals surface area contributed by atoms with Gasteiger partial charge in [0.2, 0.25) is 0 Å². The van der Waals surface area contributed by atoms with Crippen LogP contribution in [0.4, 0.5) is 4.39 Å². The molecule has 3 aliphatic rings. The summed E-state index contributed by atoms with van der Waals surface area (Å²) >= 11 is 0. The van der Waals surface area contributed by atoms with E-state index in [0.29, 0.717) is 30.0 Å². The Bertz CT molecular complexity index is 1130. The van der Waals surface area contributed by atoms with Crippen molar-refractivity contribution in [1.29, 1.82) is 0 Å². The summed E-state index contributed by atoms with van der Waals surface area (Å²) < 4.78 is 15.5. The summed E-state index contributed by atoms with van der Waals surface area (Å²) in [6.45, 7) is 15.8. The second kappa shape index (κ2) is 6.84. The lowest BCUT2D eigenvalue weighted by atomic mass is 10.0. The van der Waals surface area contributed by atoms with Crippen molar-refractivity contribution < 1.29 is 4.39 Å². The predicted molar refractivity (Wildman–Crippen MR) is 117 cm³/mol. The molecule has 6 heteroatoms. The van der Waals surface area contributed by atoms with E-state index < -0.39 is 0 Å². The molecule has 2 saturated heterocycles. The van der Waals surface area contributed by atoms with Crippen LogP contribution in [0.2, 0.25) is 0 Å². The zero-order chi connectivity index (χ0) is 21.2. The summed E-state index contributed by atoms with van der Waals surface area (Å²) in [6, 6.07) is 5.24. The number of pyridine rings is 1. The average Bonchev–Trinajstić information content (AvgIpc) is 3.32. The lowest BCUT2D eigenvalue weighted by Gasteiger charge is -2.44. The van der Waals surface area contributed by atoms with Crippen LogP contribution in [0.15, 0.2) is 42.3 Å². The van der Waals surface area contributed by atoms with Gasteiger partial charge in [0.25, 0.3) is 0 Å². The molecule has 0 amide bonds. The van der Waals surface area contributed by atoms with Gasteiger partial charge in [0.15, 0.2) is 5.43 Å². The Balaban J connectivity index is 1.44. The van der Waals surface area contributed by atoms with E-state index in [2.05, 4.69) is 32.8 Å². The minimum absolute atomic E-state index is 0.0150. The summed E-state index contributed by atoms with van der Waals surface area (Å²) in [5.74, 6) is -0.246. The highest BCUT2D eigenvalue weighted by Crippen LogP contribution is 2.40. The zero-order valence-electron chi connectivity index (χ0n) is 17.5. The van der Waals surface area contributed by atoms with Crippen molar-refractivity contribution in [2.24, 2.45) is 0 Å². The smallest absolute Gasteiger partial charge is 0.194 e. The number of nitrogens with zero attached hydrogens (tertiary/aromatic N) is 3. The summed E-state index contributed by atoms with van der Waals surface area (Å²) in [5.41, 5.74) is 5.62. The Morgan fingerprint density at radius 2 is 2.10 bits per heavy atom. The Labute approximate surface area is 176 Å². The predicted octanol–water partition coefficient (Wildman–Crippen LogP) is 3.07. The fourth-order valence-electron chi connectivity index (χ4n) is 5.29.